The number of para-hydroxylation sites is 1. The molecule has 4 heteroatoms. The van der Waals surface area contributed by atoms with Crippen LogP contribution in [0.2, 0.25) is 0 Å². The molecule has 0 aliphatic heterocycles. The Morgan fingerprint density at radius 1 is 1.15 bits per heavy atom. The van der Waals surface area contributed by atoms with Crippen LogP contribution in [0.3, 0.4) is 0 Å². The van der Waals surface area contributed by atoms with Crippen molar-refractivity contribution in [1.29, 1.82) is 0 Å². The molecule has 1 atom stereocenters. The third-order valence-electron chi connectivity index (χ3n) is 4.84. The molecule has 0 unspecified atom stereocenters. The molecule has 2 rings (SSSR count). The van der Waals surface area contributed by atoms with E-state index in [1.807, 2.05) is 12.4 Å². The predicted molar refractivity (Wildman–Crippen MR) is 116 cm³/mol. The Hall–Kier alpha value is -1.94. The van der Waals surface area contributed by atoms with E-state index in [0.29, 0.717) is 5.92 Å². The Labute approximate surface area is 163 Å². The van der Waals surface area contributed by atoms with Gasteiger partial charge in [0.15, 0.2) is 5.11 Å². The van der Waals surface area contributed by atoms with Gasteiger partial charge in [0.2, 0.25) is 0 Å². The standard InChI is InChI=1S/C22H31N3S/c1-6-19-9-7-8-17(4)21(19)24-22(26)25(15-12-16(2)3)18(5)20-10-13-23-14-11-20/h7-11,13-14,16,18H,6,12,15H2,1-5H3,(H,24,26)/t18-/m0/s1. The quantitative estimate of drug-likeness (QED) is 0.628. The van der Waals surface area contributed by atoms with E-state index in [9.17, 15) is 0 Å². The van der Waals surface area contributed by atoms with Crippen LogP contribution in [0.1, 0.15) is 56.8 Å². The van der Waals surface area contributed by atoms with Crippen LogP contribution in [0.15, 0.2) is 42.7 Å². The number of rotatable bonds is 7. The summed E-state index contributed by atoms with van der Waals surface area (Å²) in [4.78, 5) is 6.44. The van der Waals surface area contributed by atoms with Crippen LogP contribution in [0.25, 0.3) is 0 Å². The van der Waals surface area contributed by atoms with Gasteiger partial charge < -0.3 is 10.2 Å². The fourth-order valence-corrected chi connectivity index (χ4v) is 3.42. The lowest BCUT2D eigenvalue weighted by Crippen LogP contribution is -2.38. The Bertz CT molecular complexity index is 713. The lowest BCUT2D eigenvalue weighted by Gasteiger charge is -2.33. The molecule has 0 aliphatic carbocycles. The van der Waals surface area contributed by atoms with Crippen LogP contribution in [0.4, 0.5) is 5.69 Å². The number of anilines is 1. The molecule has 0 saturated heterocycles. The maximum absolute atomic E-state index is 5.85. The van der Waals surface area contributed by atoms with Gasteiger partial charge in [-0.3, -0.25) is 4.98 Å². The van der Waals surface area contributed by atoms with Gasteiger partial charge in [-0.1, -0.05) is 39.0 Å². The minimum Gasteiger partial charge on any atom is -0.342 e. The maximum Gasteiger partial charge on any atom is 0.173 e. The summed E-state index contributed by atoms with van der Waals surface area (Å²) in [5.74, 6) is 0.634. The van der Waals surface area contributed by atoms with Crippen molar-refractivity contribution in [2.75, 3.05) is 11.9 Å². The molecule has 1 N–H and O–H groups in total. The van der Waals surface area contributed by atoms with E-state index in [1.165, 1.54) is 16.7 Å². The Morgan fingerprint density at radius 3 is 2.46 bits per heavy atom. The largest absolute Gasteiger partial charge is 0.342 e. The summed E-state index contributed by atoms with van der Waals surface area (Å²) >= 11 is 5.85. The lowest BCUT2D eigenvalue weighted by atomic mass is 10.1. The molecule has 0 bridgehead atoms. The highest BCUT2D eigenvalue weighted by Crippen LogP contribution is 2.25. The first-order valence-electron chi connectivity index (χ1n) is 9.50. The molecule has 1 heterocycles. The number of nitrogens with zero attached hydrogens (tertiary/aromatic N) is 2. The molecule has 0 radical (unpaired) electrons. The van der Waals surface area contributed by atoms with Crippen LogP contribution in [-0.2, 0) is 6.42 Å². The van der Waals surface area contributed by atoms with Crippen LogP contribution in [0.5, 0.6) is 0 Å². The van der Waals surface area contributed by atoms with Crippen LogP contribution >= 0.6 is 12.2 Å². The van der Waals surface area contributed by atoms with Gasteiger partial charge in [-0.15, -0.1) is 0 Å². The molecule has 0 aliphatic rings. The van der Waals surface area contributed by atoms with Crippen molar-refractivity contribution < 1.29 is 0 Å². The van der Waals surface area contributed by atoms with E-state index < -0.39 is 0 Å². The summed E-state index contributed by atoms with van der Waals surface area (Å²) in [6.07, 6.45) is 5.78. The van der Waals surface area contributed by atoms with Crippen molar-refractivity contribution in [3.8, 4) is 0 Å². The number of hydrogen-bond acceptors (Lipinski definition) is 2. The Morgan fingerprint density at radius 2 is 1.85 bits per heavy atom. The molecule has 0 fully saturated rings. The van der Waals surface area contributed by atoms with E-state index in [2.05, 4.69) is 80.2 Å². The van der Waals surface area contributed by atoms with Crippen LogP contribution < -0.4 is 5.32 Å². The molecular weight excluding hydrogens is 338 g/mol. The minimum absolute atomic E-state index is 0.200. The van der Waals surface area contributed by atoms with E-state index in [1.54, 1.807) is 0 Å². The van der Waals surface area contributed by atoms with Crippen molar-refractivity contribution in [1.82, 2.24) is 9.88 Å². The average Bonchev–Trinajstić information content (AvgIpc) is 2.63. The second kappa shape index (κ2) is 9.67. The molecule has 1 aromatic heterocycles. The SMILES string of the molecule is CCc1cccc(C)c1NC(=S)N(CCC(C)C)[C@@H](C)c1ccncc1. The van der Waals surface area contributed by atoms with Crippen LogP contribution in [0, 0.1) is 12.8 Å². The highest BCUT2D eigenvalue weighted by molar-refractivity contribution is 7.80. The van der Waals surface area contributed by atoms with Crippen molar-refractivity contribution in [3.63, 3.8) is 0 Å². The molecule has 140 valence electrons. The number of thiocarbonyl (C=S) groups is 1. The van der Waals surface area contributed by atoms with Crippen molar-refractivity contribution in [2.45, 2.75) is 53.5 Å². The number of aromatic nitrogens is 1. The van der Waals surface area contributed by atoms with Gasteiger partial charge in [0, 0.05) is 24.6 Å². The monoisotopic (exact) mass is 369 g/mol. The van der Waals surface area contributed by atoms with Crippen molar-refractivity contribution >= 4 is 23.0 Å². The molecule has 1 aromatic carbocycles. The highest BCUT2D eigenvalue weighted by atomic mass is 32.1. The van der Waals surface area contributed by atoms with Gasteiger partial charge >= 0.3 is 0 Å². The van der Waals surface area contributed by atoms with Crippen LogP contribution in [-0.4, -0.2) is 21.5 Å². The number of pyridine rings is 1. The smallest absolute Gasteiger partial charge is 0.173 e. The molecular formula is C22H31N3S. The molecule has 0 spiro atoms. The summed E-state index contributed by atoms with van der Waals surface area (Å²) in [7, 11) is 0. The van der Waals surface area contributed by atoms with E-state index >= 15 is 0 Å². The first kappa shape index (κ1) is 20.4. The second-order valence-electron chi connectivity index (χ2n) is 7.23. The summed E-state index contributed by atoms with van der Waals surface area (Å²) in [5, 5.41) is 4.34. The van der Waals surface area contributed by atoms with Gasteiger partial charge in [-0.25, -0.2) is 0 Å². The first-order chi connectivity index (χ1) is 12.4. The molecule has 0 saturated carbocycles. The first-order valence-corrected chi connectivity index (χ1v) is 9.90. The molecule has 0 amide bonds. The van der Waals surface area contributed by atoms with Crippen molar-refractivity contribution in [3.05, 3.63) is 59.4 Å². The number of nitrogens with one attached hydrogen (secondary N) is 1. The molecule has 26 heavy (non-hydrogen) atoms. The lowest BCUT2D eigenvalue weighted by molar-refractivity contribution is 0.318. The average molecular weight is 370 g/mol. The highest BCUT2D eigenvalue weighted by Gasteiger charge is 2.20. The third-order valence-corrected chi connectivity index (χ3v) is 5.17. The summed E-state index contributed by atoms with van der Waals surface area (Å²) in [6, 6.07) is 10.8. The molecule has 3 nitrogen and oxygen atoms in total. The second-order valence-corrected chi connectivity index (χ2v) is 7.61. The summed E-state index contributed by atoms with van der Waals surface area (Å²) in [6.45, 7) is 12.0. The van der Waals surface area contributed by atoms with Gasteiger partial charge in [0.05, 0.1) is 6.04 Å². The van der Waals surface area contributed by atoms with Gasteiger partial charge in [0.25, 0.3) is 0 Å². The number of benzene rings is 1. The Balaban J connectivity index is 2.26. The predicted octanol–water partition coefficient (Wildman–Crippen LogP) is 5.76. The third kappa shape index (κ3) is 5.28. The number of hydrogen-bond donors (Lipinski definition) is 1. The summed E-state index contributed by atoms with van der Waals surface area (Å²) in [5.41, 5.74) is 4.91. The van der Waals surface area contributed by atoms with Gasteiger partial charge in [-0.2, -0.15) is 0 Å². The normalized spacial score (nSPS) is 12.1. The van der Waals surface area contributed by atoms with E-state index in [4.69, 9.17) is 12.2 Å². The Kier molecular flexibility index (Phi) is 7.58. The maximum atomic E-state index is 5.85. The fourth-order valence-electron chi connectivity index (χ4n) is 3.07. The number of aryl methyl sites for hydroxylation is 2. The van der Waals surface area contributed by atoms with Gasteiger partial charge in [-0.05, 0) is 73.6 Å². The van der Waals surface area contributed by atoms with E-state index in [0.717, 1.165) is 30.2 Å². The van der Waals surface area contributed by atoms with E-state index in [-0.39, 0.29) is 6.04 Å². The van der Waals surface area contributed by atoms with Gasteiger partial charge in [0.1, 0.15) is 0 Å². The minimum atomic E-state index is 0.200. The topological polar surface area (TPSA) is 28.2 Å². The summed E-state index contributed by atoms with van der Waals surface area (Å²) < 4.78 is 0. The fraction of sp³-hybridized carbons (Fsp3) is 0.455. The van der Waals surface area contributed by atoms with Crippen molar-refractivity contribution in [2.24, 2.45) is 5.92 Å². The zero-order valence-corrected chi connectivity index (χ0v) is 17.4. The zero-order chi connectivity index (χ0) is 19.1. The zero-order valence-electron chi connectivity index (χ0n) is 16.6. The molecule has 2 aromatic rings.